The predicted molar refractivity (Wildman–Crippen MR) is 110 cm³/mol. The van der Waals surface area contributed by atoms with Crippen LogP contribution in [0, 0.1) is 0 Å². The van der Waals surface area contributed by atoms with Crippen molar-refractivity contribution in [2.45, 2.75) is 32.9 Å². The fourth-order valence-corrected chi connectivity index (χ4v) is 3.30. The van der Waals surface area contributed by atoms with Crippen LogP contribution in [0.15, 0.2) is 42.5 Å². The molecule has 2 aromatic rings. The molecule has 4 nitrogen and oxygen atoms in total. The average Bonchev–Trinajstić information content (AvgIpc) is 2.64. The van der Waals surface area contributed by atoms with E-state index in [1.807, 2.05) is 19.1 Å². The number of carbonyl (C=O) groups excluding carboxylic acids is 2. The van der Waals surface area contributed by atoms with Gasteiger partial charge in [-0.15, -0.1) is 0 Å². The van der Waals surface area contributed by atoms with Crippen LogP contribution in [0.1, 0.15) is 25.0 Å². The van der Waals surface area contributed by atoms with Crippen LogP contribution >= 0.6 is 34.8 Å². The average molecular weight is 428 g/mol. The number of nitrogens with one attached hydrogen (secondary N) is 1. The highest BCUT2D eigenvalue weighted by molar-refractivity contribution is 6.36. The zero-order valence-corrected chi connectivity index (χ0v) is 17.4. The van der Waals surface area contributed by atoms with Crippen LogP contribution in [0.25, 0.3) is 0 Å². The molecule has 2 amide bonds. The Morgan fingerprint density at radius 2 is 1.63 bits per heavy atom. The van der Waals surface area contributed by atoms with Crippen molar-refractivity contribution in [2.75, 3.05) is 6.54 Å². The van der Waals surface area contributed by atoms with Gasteiger partial charge in [-0.05, 0) is 49.2 Å². The molecule has 0 aliphatic carbocycles. The van der Waals surface area contributed by atoms with Gasteiger partial charge >= 0.3 is 0 Å². The van der Waals surface area contributed by atoms with Gasteiger partial charge in [0.05, 0.1) is 6.42 Å². The third kappa shape index (κ3) is 5.86. The van der Waals surface area contributed by atoms with E-state index in [1.54, 1.807) is 37.3 Å². The summed E-state index contributed by atoms with van der Waals surface area (Å²) in [4.78, 5) is 26.9. The monoisotopic (exact) mass is 426 g/mol. The van der Waals surface area contributed by atoms with Gasteiger partial charge in [-0.3, -0.25) is 9.59 Å². The third-order valence-corrected chi connectivity index (χ3v) is 5.13. The van der Waals surface area contributed by atoms with Gasteiger partial charge in [-0.1, -0.05) is 53.0 Å². The normalized spacial score (nSPS) is 11.7. The Bertz CT molecular complexity index is 789. The number of halogens is 3. The van der Waals surface area contributed by atoms with Crippen molar-refractivity contribution in [1.29, 1.82) is 0 Å². The minimum absolute atomic E-state index is 0.00976. The molecule has 0 saturated carbocycles. The maximum absolute atomic E-state index is 13.0. The Morgan fingerprint density at radius 1 is 1.04 bits per heavy atom. The summed E-state index contributed by atoms with van der Waals surface area (Å²) in [6.07, 6.45) is 0.00976. The second kappa shape index (κ2) is 9.98. The molecule has 2 aromatic carbocycles. The molecule has 1 unspecified atom stereocenters. The van der Waals surface area contributed by atoms with E-state index < -0.39 is 6.04 Å². The van der Waals surface area contributed by atoms with Crippen LogP contribution in [0.2, 0.25) is 15.1 Å². The van der Waals surface area contributed by atoms with Crippen molar-refractivity contribution in [3.8, 4) is 0 Å². The fraction of sp³-hybridized carbons (Fsp3) is 0.300. The molecular formula is C20H21Cl3N2O2. The Labute approximate surface area is 174 Å². The summed E-state index contributed by atoms with van der Waals surface area (Å²) in [6, 6.07) is 11.6. The lowest BCUT2D eigenvalue weighted by atomic mass is 10.1. The molecule has 0 aliphatic rings. The first-order chi connectivity index (χ1) is 12.8. The van der Waals surface area contributed by atoms with Crippen molar-refractivity contribution in [1.82, 2.24) is 10.2 Å². The lowest BCUT2D eigenvalue weighted by molar-refractivity contribution is -0.140. The predicted octanol–water partition coefficient (Wildman–Crippen LogP) is 4.74. The third-order valence-electron chi connectivity index (χ3n) is 4.17. The van der Waals surface area contributed by atoms with Crippen LogP contribution in [0.4, 0.5) is 0 Å². The second-order valence-corrected chi connectivity index (χ2v) is 7.35. The molecule has 0 bridgehead atoms. The minimum atomic E-state index is -0.644. The lowest BCUT2D eigenvalue weighted by Crippen LogP contribution is -2.48. The summed E-state index contributed by atoms with van der Waals surface area (Å²) in [5, 5.41) is 4.21. The van der Waals surface area contributed by atoms with Crippen LogP contribution in [-0.2, 0) is 22.6 Å². The molecule has 0 saturated heterocycles. The molecule has 0 radical (unpaired) electrons. The van der Waals surface area contributed by atoms with Crippen LogP contribution in [0.3, 0.4) is 0 Å². The minimum Gasteiger partial charge on any atom is -0.355 e. The molecule has 0 fully saturated rings. The molecule has 0 spiro atoms. The Hall–Kier alpha value is -1.75. The van der Waals surface area contributed by atoms with Gasteiger partial charge in [0, 0.05) is 28.2 Å². The molecule has 1 atom stereocenters. The number of nitrogens with zero attached hydrogens (tertiary/aromatic N) is 1. The quantitative estimate of drug-likeness (QED) is 0.693. The van der Waals surface area contributed by atoms with Crippen molar-refractivity contribution in [3.63, 3.8) is 0 Å². The Kier molecular flexibility index (Phi) is 7.96. The molecule has 0 aliphatic heterocycles. The molecule has 144 valence electrons. The molecule has 2 rings (SSSR count). The van der Waals surface area contributed by atoms with E-state index in [9.17, 15) is 9.59 Å². The number of benzene rings is 2. The standard InChI is InChI=1S/C20H21Cl3N2O2/c1-3-24-20(27)13(2)25(12-14-7-9-15(21)10-8-14)19(26)11-16-17(22)5-4-6-18(16)23/h4-10,13H,3,11-12H2,1-2H3,(H,24,27). The summed E-state index contributed by atoms with van der Waals surface area (Å²) in [6.45, 7) is 4.30. The molecular weight excluding hydrogens is 407 g/mol. The first-order valence-electron chi connectivity index (χ1n) is 8.58. The van der Waals surface area contributed by atoms with E-state index in [-0.39, 0.29) is 24.8 Å². The van der Waals surface area contributed by atoms with Gasteiger partial charge in [0.1, 0.15) is 6.04 Å². The van der Waals surface area contributed by atoms with E-state index in [2.05, 4.69) is 5.32 Å². The van der Waals surface area contributed by atoms with Gasteiger partial charge < -0.3 is 10.2 Å². The number of hydrogen-bond acceptors (Lipinski definition) is 2. The number of hydrogen-bond donors (Lipinski definition) is 1. The van der Waals surface area contributed by atoms with Crippen molar-refractivity contribution >= 4 is 46.6 Å². The molecule has 0 aromatic heterocycles. The number of rotatable bonds is 7. The zero-order valence-electron chi connectivity index (χ0n) is 15.1. The summed E-state index contributed by atoms with van der Waals surface area (Å²) in [5.41, 5.74) is 1.42. The van der Waals surface area contributed by atoms with Gasteiger partial charge in [0.25, 0.3) is 0 Å². The van der Waals surface area contributed by atoms with Crippen LogP contribution in [-0.4, -0.2) is 29.3 Å². The zero-order chi connectivity index (χ0) is 20.0. The molecule has 27 heavy (non-hydrogen) atoms. The van der Waals surface area contributed by atoms with Gasteiger partial charge in [-0.25, -0.2) is 0 Å². The highest BCUT2D eigenvalue weighted by atomic mass is 35.5. The van der Waals surface area contributed by atoms with E-state index in [4.69, 9.17) is 34.8 Å². The smallest absolute Gasteiger partial charge is 0.242 e. The van der Waals surface area contributed by atoms with Crippen LogP contribution < -0.4 is 5.32 Å². The molecule has 1 N–H and O–H groups in total. The second-order valence-electron chi connectivity index (χ2n) is 6.10. The van der Waals surface area contributed by atoms with Gasteiger partial charge in [0.2, 0.25) is 11.8 Å². The van der Waals surface area contributed by atoms with Crippen LogP contribution in [0.5, 0.6) is 0 Å². The maximum Gasteiger partial charge on any atom is 0.242 e. The fourth-order valence-electron chi connectivity index (χ4n) is 2.65. The van der Waals surface area contributed by atoms with Crippen molar-refractivity contribution in [3.05, 3.63) is 68.7 Å². The highest BCUT2D eigenvalue weighted by Gasteiger charge is 2.26. The topological polar surface area (TPSA) is 49.4 Å². The Morgan fingerprint density at radius 3 is 2.19 bits per heavy atom. The number of likely N-dealkylation sites (N-methyl/N-ethyl adjacent to an activating group) is 1. The van der Waals surface area contributed by atoms with E-state index in [1.165, 1.54) is 4.90 Å². The van der Waals surface area contributed by atoms with E-state index in [0.717, 1.165) is 5.56 Å². The summed E-state index contributed by atoms with van der Waals surface area (Å²) in [5.74, 6) is -0.455. The number of amides is 2. The molecule has 7 heteroatoms. The largest absolute Gasteiger partial charge is 0.355 e. The summed E-state index contributed by atoms with van der Waals surface area (Å²) in [7, 11) is 0. The first-order valence-corrected chi connectivity index (χ1v) is 9.71. The van der Waals surface area contributed by atoms with Gasteiger partial charge in [0.15, 0.2) is 0 Å². The summed E-state index contributed by atoms with van der Waals surface area (Å²) >= 11 is 18.3. The molecule has 0 heterocycles. The van der Waals surface area contributed by atoms with Crippen molar-refractivity contribution < 1.29 is 9.59 Å². The number of carbonyl (C=O) groups is 2. The Balaban J connectivity index is 2.28. The highest BCUT2D eigenvalue weighted by Crippen LogP contribution is 2.26. The lowest BCUT2D eigenvalue weighted by Gasteiger charge is -2.29. The summed E-state index contributed by atoms with van der Waals surface area (Å²) < 4.78 is 0. The first kappa shape index (κ1) is 21.5. The van der Waals surface area contributed by atoms with E-state index >= 15 is 0 Å². The van der Waals surface area contributed by atoms with E-state index in [0.29, 0.717) is 27.2 Å². The SMILES string of the molecule is CCNC(=O)C(C)N(Cc1ccc(Cl)cc1)C(=O)Cc1c(Cl)cccc1Cl. The van der Waals surface area contributed by atoms with Crippen molar-refractivity contribution in [2.24, 2.45) is 0 Å². The van der Waals surface area contributed by atoms with Gasteiger partial charge in [-0.2, -0.15) is 0 Å². The maximum atomic E-state index is 13.0.